The number of Topliss-reactive ketones (excluding diaryl/α,β-unsaturated/α-hetero) is 1. The number of carbonyl (C=O) groups excluding carboxylic acids is 1. The molecule has 82 valence electrons. The Morgan fingerprint density at radius 1 is 1.50 bits per heavy atom. The molecule has 0 N–H and O–H groups in total. The van der Waals surface area contributed by atoms with Crippen LogP contribution in [0.2, 0.25) is 0 Å². The first kappa shape index (κ1) is 11.9. The first-order chi connectivity index (χ1) is 6.66. The van der Waals surface area contributed by atoms with Crippen molar-refractivity contribution in [2.24, 2.45) is 0 Å². The van der Waals surface area contributed by atoms with Crippen molar-refractivity contribution in [3.8, 4) is 0 Å². The van der Waals surface area contributed by atoms with E-state index in [4.69, 9.17) is 4.74 Å². The van der Waals surface area contributed by atoms with Gasteiger partial charge in [-0.3, -0.25) is 9.00 Å². The van der Waals surface area contributed by atoms with Gasteiger partial charge in [0, 0.05) is 35.7 Å². The molecule has 1 aliphatic heterocycles. The first-order valence-electron chi connectivity index (χ1n) is 5.16. The van der Waals surface area contributed by atoms with Gasteiger partial charge in [-0.1, -0.05) is 6.92 Å². The maximum absolute atomic E-state index is 11.9. The fourth-order valence-electron chi connectivity index (χ4n) is 1.61. The van der Waals surface area contributed by atoms with Crippen LogP contribution in [0.25, 0.3) is 0 Å². The molecule has 0 amide bonds. The third-order valence-corrected chi connectivity index (χ3v) is 4.74. The van der Waals surface area contributed by atoms with Crippen LogP contribution < -0.4 is 0 Å². The molecule has 0 aromatic carbocycles. The fourth-order valence-corrected chi connectivity index (χ4v) is 3.27. The lowest BCUT2D eigenvalue weighted by Gasteiger charge is -2.23. The predicted molar refractivity (Wildman–Crippen MR) is 56.7 cm³/mol. The third kappa shape index (κ3) is 2.89. The van der Waals surface area contributed by atoms with E-state index in [0.717, 1.165) is 12.8 Å². The Bertz CT molecular complexity index is 221. The van der Waals surface area contributed by atoms with Gasteiger partial charge in [0.1, 0.15) is 5.78 Å². The normalized spacial score (nSPS) is 23.0. The van der Waals surface area contributed by atoms with Crippen LogP contribution in [0.5, 0.6) is 0 Å². The van der Waals surface area contributed by atoms with Crippen molar-refractivity contribution in [3.05, 3.63) is 0 Å². The second-order valence-corrected chi connectivity index (χ2v) is 5.63. The molecule has 1 fully saturated rings. The van der Waals surface area contributed by atoms with Crippen LogP contribution in [0, 0.1) is 0 Å². The highest BCUT2D eigenvalue weighted by Gasteiger charge is 2.27. The summed E-state index contributed by atoms with van der Waals surface area (Å²) in [6, 6.07) is 0. The molecule has 3 nitrogen and oxygen atoms in total. The van der Waals surface area contributed by atoms with Gasteiger partial charge in [0.25, 0.3) is 0 Å². The molecule has 4 heteroatoms. The largest absolute Gasteiger partial charge is 0.381 e. The maximum Gasteiger partial charge on any atom is 0.147 e. The van der Waals surface area contributed by atoms with E-state index in [2.05, 4.69) is 0 Å². The Balaban J connectivity index is 2.50. The van der Waals surface area contributed by atoms with Crippen LogP contribution >= 0.6 is 0 Å². The number of carbonyl (C=O) groups is 1. The molecular formula is C10H18O3S. The molecule has 2 unspecified atom stereocenters. The topological polar surface area (TPSA) is 43.4 Å². The number of ketones is 1. The minimum atomic E-state index is -1.01. The Morgan fingerprint density at radius 2 is 2.07 bits per heavy atom. The van der Waals surface area contributed by atoms with Crippen molar-refractivity contribution in [2.45, 2.75) is 43.6 Å². The van der Waals surface area contributed by atoms with Gasteiger partial charge in [0.2, 0.25) is 0 Å². The van der Waals surface area contributed by atoms with Crippen molar-refractivity contribution < 1.29 is 13.7 Å². The summed E-state index contributed by atoms with van der Waals surface area (Å²) >= 11 is 0. The summed E-state index contributed by atoms with van der Waals surface area (Å²) in [5, 5.41) is -0.141. The Hall–Kier alpha value is -0.220. The molecule has 1 aliphatic rings. The molecule has 1 heterocycles. The van der Waals surface area contributed by atoms with Crippen LogP contribution in [0.4, 0.5) is 0 Å². The standard InChI is InChI=1S/C10H18O3S/c1-3-10(11)8(2)14(12)9-4-6-13-7-5-9/h8-9H,3-7H2,1-2H3. The van der Waals surface area contributed by atoms with Crippen molar-refractivity contribution in [3.63, 3.8) is 0 Å². The molecule has 0 spiro atoms. The van der Waals surface area contributed by atoms with Gasteiger partial charge in [-0.25, -0.2) is 0 Å². The summed E-state index contributed by atoms with van der Waals surface area (Å²) < 4.78 is 17.1. The molecule has 0 saturated carbocycles. The Labute approximate surface area is 87.7 Å². The van der Waals surface area contributed by atoms with Crippen LogP contribution in [-0.4, -0.2) is 33.7 Å². The zero-order chi connectivity index (χ0) is 10.6. The SMILES string of the molecule is CCC(=O)C(C)S(=O)C1CCOCC1. The van der Waals surface area contributed by atoms with Crippen LogP contribution in [0.1, 0.15) is 33.1 Å². The third-order valence-electron chi connectivity index (χ3n) is 2.65. The molecule has 0 aliphatic carbocycles. The van der Waals surface area contributed by atoms with E-state index < -0.39 is 10.8 Å². The summed E-state index contributed by atoms with van der Waals surface area (Å²) in [6.07, 6.45) is 2.14. The molecule has 1 rings (SSSR count). The quantitative estimate of drug-likeness (QED) is 0.714. The minimum absolute atomic E-state index is 0.106. The van der Waals surface area contributed by atoms with E-state index in [9.17, 15) is 9.00 Å². The fraction of sp³-hybridized carbons (Fsp3) is 0.900. The van der Waals surface area contributed by atoms with Crippen LogP contribution in [-0.2, 0) is 20.3 Å². The van der Waals surface area contributed by atoms with Crippen molar-refractivity contribution >= 4 is 16.6 Å². The average molecular weight is 218 g/mol. The molecular weight excluding hydrogens is 200 g/mol. The molecule has 0 bridgehead atoms. The molecule has 0 radical (unpaired) electrons. The Morgan fingerprint density at radius 3 is 2.57 bits per heavy atom. The van der Waals surface area contributed by atoms with E-state index in [1.807, 2.05) is 6.92 Å². The van der Waals surface area contributed by atoms with Gasteiger partial charge in [-0.2, -0.15) is 0 Å². The zero-order valence-electron chi connectivity index (χ0n) is 8.82. The minimum Gasteiger partial charge on any atom is -0.381 e. The summed E-state index contributed by atoms with van der Waals surface area (Å²) in [5.74, 6) is 0.106. The number of ether oxygens (including phenoxy) is 1. The highest BCUT2D eigenvalue weighted by Crippen LogP contribution is 2.17. The van der Waals surface area contributed by atoms with Crippen LogP contribution in [0.15, 0.2) is 0 Å². The highest BCUT2D eigenvalue weighted by atomic mass is 32.2. The second kappa shape index (κ2) is 5.61. The molecule has 2 atom stereocenters. The molecule has 1 saturated heterocycles. The lowest BCUT2D eigenvalue weighted by atomic mass is 10.2. The van der Waals surface area contributed by atoms with E-state index >= 15 is 0 Å². The summed E-state index contributed by atoms with van der Waals surface area (Å²) in [5.41, 5.74) is 0. The van der Waals surface area contributed by atoms with Gasteiger partial charge in [-0.15, -0.1) is 0 Å². The molecule has 0 aromatic rings. The summed E-state index contributed by atoms with van der Waals surface area (Å²) in [6.45, 7) is 4.96. The highest BCUT2D eigenvalue weighted by molar-refractivity contribution is 7.87. The average Bonchev–Trinajstić information content (AvgIpc) is 2.27. The smallest absolute Gasteiger partial charge is 0.147 e. The van der Waals surface area contributed by atoms with Crippen molar-refractivity contribution in [2.75, 3.05) is 13.2 Å². The van der Waals surface area contributed by atoms with Gasteiger partial charge in [0.05, 0.1) is 5.25 Å². The Kier molecular flexibility index (Phi) is 4.75. The molecule has 0 aromatic heterocycles. The maximum atomic E-state index is 11.9. The zero-order valence-corrected chi connectivity index (χ0v) is 9.64. The van der Waals surface area contributed by atoms with E-state index in [0.29, 0.717) is 19.6 Å². The molecule has 14 heavy (non-hydrogen) atoms. The summed E-state index contributed by atoms with van der Waals surface area (Å²) in [7, 11) is -1.01. The number of hydrogen-bond acceptors (Lipinski definition) is 3. The lowest BCUT2D eigenvalue weighted by molar-refractivity contribution is -0.118. The first-order valence-corrected chi connectivity index (χ1v) is 6.44. The van der Waals surface area contributed by atoms with Gasteiger partial charge >= 0.3 is 0 Å². The lowest BCUT2D eigenvalue weighted by Crippen LogP contribution is -2.33. The summed E-state index contributed by atoms with van der Waals surface area (Å²) in [4.78, 5) is 11.4. The van der Waals surface area contributed by atoms with Crippen molar-refractivity contribution in [1.29, 1.82) is 0 Å². The predicted octanol–water partition coefficient (Wildman–Crippen LogP) is 1.28. The van der Waals surface area contributed by atoms with E-state index in [1.54, 1.807) is 6.92 Å². The van der Waals surface area contributed by atoms with Gasteiger partial charge in [-0.05, 0) is 19.8 Å². The monoisotopic (exact) mass is 218 g/mol. The van der Waals surface area contributed by atoms with Crippen molar-refractivity contribution in [1.82, 2.24) is 0 Å². The van der Waals surface area contributed by atoms with Gasteiger partial charge in [0.15, 0.2) is 0 Å². The van der Waals surface area contributed by atoms with Gasteiger partial charge < -0.3 is 4.74 Å². The number of hydrogen-bond donors (Lipinski definition) is 0. The number of rotatable bonds is 4. The van der Waals surface area contributed by atoms with E-state index in [-0.39, 0.29) is 16.3 Å². The second-order valence-electron chi connectivity index (χ2n) is 3.60. The van der Waals surface area contributed by atoms with Crippen LogP contribution in [0.3, 0.4) is 0 Å². The van der Waals surface area contributed by atoms with E-state index in [1.165, 1.54) is 0 Å².